The van der Waals surface area contributed by atoms with Crippen LogP contribution in [0, 0.1) is 0 Å². The average Bonchev–Trinajstić information content (AvgIpc) is 1.81. The van der Waals surface area contributed by atoms with Gasteiger partial charge in [0, 0.05) is 34.1 Å². The fourth-order valence-corrected chi connectivity index (χ4v) is 0. The van der Waals surface area contributed by atoms with E-state index in [4.69, 9.17) is 0 Å². The molecule has 0 saturated carbocycles. The van der Waals surface area contributed by atoms with Crippen LogP contribution >= 0.6 is 46.6 Å². The molecule has 0 aliphatic carbocycles. The topological polar surface area (TPSA) is 0 Å². The Balaban J connectivity index is -0.00000000225. The number of hydrogen-bond donors (Lipinski definition) is 4. The van der Waals surface area contributed by atoms with Crippen LogP contribution in [0.15, 0.2) is 0 Å². The van der Waals surface area contributed by atoms with Gasteiger partial charge in [-0.1, -0.05) is 0 Å². The van der Waals surface area contributed by atoms with Crippen molar-refractivity contribution >= 4 is 121 Å². The van der Waals surface area contributed by atoms with Crippen molar-refractivity contribution in [3.05, 3.63) is 0 Å². The third kappa shape index (κ3) is 75.1. The summed E-state index contributed by atoms with van der Waals surface area (Å²) in [4.78, 5) is 0. The van der Waals surface area contributed by atoms with Gasteiger partial charge >= 0.3 is 74.0 Å². The van der Waals surface area contributed by atoms with Gasteiger partial charge in [0.05, 0.1) is 0 Å². The third-order valence-corrected chi connectivity index (χ3v) is 0. The van der Waals surface area contributed by atoms with E-state index in [0.717, 1.165) is 0 Å². The Morgan fingerprint density at radius 3 is 0.700 bits per heavy atom. The standard InChI is InChI=1S/2Cu.Ga.In.2H2S2.H2Se2.6H/c;;;;3*1-2;;;;;;/h;;;;3*1-2H;;;;;;. The first-order valence-corrected chi connectivity index (χ1v) is 9.00. The zero-order valence-corrected chi connectivity index (χ0v) is 12.5. The van der Waals surface area contributed by atoms with Crippen molar-refractivity contribution in [3.63, 3.8) is 0 Å². The summed E-state index contributed by atoms with van der Waals surface area (Å²) >= 11 is 17.4. The molecular formula is H12Cu2GaInS4Se2. The Kier molecular flexibility index (Phi) is 436. The summed E-state index contributed by atoms with van der Waals surface area (Å²) in [6.45, 7) is 0. The Bertz CT molecular complexity index is 21.2. The molecule has 0 bridgehead atoms. The number of hydrogen-bond acceptors (Lipinski definition) is 4. The summed E-state index contributed by atoms with van der Waals surface area (Å²) < 4.78 is 0. The van der Waals surface area contributed by atoms with Gasteiger partial charge < -0.3 is 0 Å². The molecule has 0 aliphatic rings. The molecule has 76 valence electrons. The van der Waals surface area contributed by atoms with E-state index in [9.17, 15) is 0 Å². The van der Waals surface area contributed by atoms with Crippen LogP contribution in [0.25, 0.3) is 0 Å². The van der Waals surface area contributed by atoms with Gasteiger partial charge in [0.1, 0.15) is 0 Å². The van der Waals surface area contributed by atoms with Crippen molar-refractivity contribution < 1.29 is 34.1 Å². The molecule has 0 saturated heterocycles. The van der Waals surface area contributed by atoms with Crippen LogP contribution < -0.4 is 0 Å². The fraction of sp³-hybridized carbons (Fsp3) is 0. The first-order valence-electron chi connectivity index (χ1n) is 0.600. The Morgan fingerprint density at radius 2 is 0.700 bits per heavy atom. The molecule has 0 aromatic carbocycles. The van der Waals surface area contributed by atoms with E-state index in [-0.39, 0.29) is 79.8 Å². The Morgan fingerprint density at radius 1 is 0.700 bits per heavy atom. The molecule has 0 unspecified atom stereocenters. The molecule has 0 heterocycles. The van der Waals surface area contributed by atoms with Gasteiger partial charge in [-0.2, -0.15) is 0 Å². The predicted octanol–water partition coefficient (Wildman–Crippen LogP) is -2.15. The maximum absolute atomic E-state index is 3.22. The van der Waals surface area contributed by atoms with Crippen LogP contribution in [-0.4, -0.2) is 74.0 Å². The van der Waals surface area contributed by atoms with Crippen molar-refractivity contribution in [2.75, 3.05) is 0 Å². The number of thiol groups is 4. The Labute approximate surface area is 152 Å². The minimum atomic E-state index is 0. The fourth-order valence-electron chi connectivity index (χ4n) is 0. The number of rotatable bonds is 0. The van der Waals surface area contributed by atoms with Crippen LogP contribution in [0.5, 0.6) is 0 Å². The van der Waals surface area contributed by atoms with Gasteiger partial charge in [-0.25, -0.2) is 0 Å². The van der Waals surface area contributed by atoms with Crippen LogP contribution in [0.1, 0.15) is 0 Å². The molecule has 2 radical (unpaired) electrons. The molecule has 0 aromatic heterocycles. The van der Waals surface area contributed by atoms with Gasteiger partial charge in [0.15, 0.2) is 0 Å². The van der Waals surface area contributed by atoms with Gasteiger partial charge in [-0.15, -0.1) is 46.6 Å². The maximum atomic E-state index is 3.22. The quantitative estimate of drug-likeness (QED) is 0.135. The van der Waals surface area contributed by atoms with Gasteiger partial charge in [0.2, 0.25) is 0 Å². The average molecular weight is 610 g/mol. The molecule has 0 rings (SSSR count). The second-order valence-corrected chi connectivity index (χ2v) is 0. The van der Waals surface area contributed by atoms with E-state index in [1.807, 2.05) is 0 Å². The van der Waals surface area contributed by atoms with Gasteiger partial charge in [0.25, 0.3) is 0 Å². The molecule has 10 heteroatoms. The molecule has 0 nitrogen and oxygen atoms in total. The summed E-state index contributed by atoms with van der Waals surface area (Å²) in [7, 11) is 0. The summed E-state index contributed by atoms with van der Waals surface area (Å²) in [6.07, 6.45) is 0. The van der Waals surface area contributed by atoms with Gasteiger partial charge in [-0.05, 0) is 0 Å². The van der Waals surface area contributed by atoms with Gasteiger partial charge in [-0.3, -0.25) is 0 Å². The molecule has 0 fully saturated rings. The molecule has 0 amide bonds. The van der Waals surface area contributed by atoms with E-state index < -0.39 is 0 Å². The zero-order valence-electron chi connectivity index (χ0n) is 3.29. The van der Waals surface area contributed by atoms with E-state index in [1.165, 1.54) is 0 Å². The third-order valence-electron chi connectivity index (χ3n) is 0. The summed E-state index contributed by atoms with van der Waals surface area (Å²) in [5.74, 6) is 0. The molecule has 10 heavy (non-hydrogen) atoms. The molecular weight excluding hydrogens is 598 g/mol. The van der Waals surface area contributed by atoms with Crippen molar-refractivity contribution in [1.29, 1.82) is 0 Å². The van der Waals surface area contributed by atoms with E-state index in [1.54, 1.807) is 0 Å². The molecule has 0 aromatic rings. The normalized spacial score (nSPS) is 1.80. The predicted molar refractivity (Wildman–Crippen MR) is 70.1 cm³/mol. The van der Waals surface area contributed by atoms with Crippen molar-refractivity contribution in [3.8, 4) is 0 Å². The van der Waals surface area contributed by atoms with Crippen LogP contribution in [0.2, 0.25) is 0 Å². The van der Waals surface area contributed by atoms with Crippen LogP contribution in [0.3, 0.4) is 0 Å². The first-order chi connectivity index (χ1) is 3.00. The monoisotopic (exact) mass is 610 g/mol. The van der Waals surface area contributed by atoms with Crippen molar-refractivity contribution in [1.82, 2.24) is 0 Å². The van der Waals surface area contributed by atoms with E-state index in [2.05, 4.69) is 75.0 Å². The second-order valence-electron chi connectivity index (χ2n) is 0. The van der Waals surface area contributed by atoms with Crippen molar-refractivity contribution in [2.45, 2.75) is 0 Å². The Hall–Kier alpha value is 4.98. The molecule has 0 spiro atoms. The van der Waals surface area contributed by atoms with E-state index in [0.29, 0.717) is 0 Å². The summed E-state index contributed by atoms with van der Waals surface area (Å²) in [5, 5.41) is 0. The van der Waals surface area contributed by atoms with Crippen LogP contribution in [0.4, 0.5) is 0 Å². The minimum absolute atomic E-state index is 0. The molecule has 0 N–H and O–H groups in total. The van der Waals surface area contributed by atoms with E-state index >= 15 is 0 Å². The SMILES string of the molecule is SS.SS.[Cu].[Cu].[GaH3].[InH3].[SeH][SeH]. The van der Waals surface area contributed by atoms with Crippen molar-refractivity contribution in [2.24, 2.45) is 0 Å². The first kappa shape index (κ1) is 46.0. The van der Waals surface area contributed by atoms with Crippen LogP contribution in [-0.2, 0) is 34.1 Å². The second kappa shape index (κ2) is 94.9. The summed E-state index contributed by atoms with van der Waals surface area (Å²) in [6, 6.07) is 0. The molecule has 0 atom stereocenters. The molecule has 0 aliphatic heterocycles. The zero-order chi connectivity index (χ0) is 6.00. The summed E-state index contributed by atoms with van der Waals surface area (Å²) in [5.41, 5.74) is 0.